The molecule has 4 heteroatoms. The van der Waals surface area contributed by atoms with Gasteiger partial charge >= 0.3 is 5.97 Å². The number of hydrogen-bond donors (Lipinski definition) is 1. The van der Waals surface area contributed by atoms with E-state index in [1.54, 1.807) is 0 Å². The lowest BCUT2D eigenvalue weighted by molar-refractivity contribution is -0.143. The summed E-state index contributed by atoms with van der Waals surface area (Å²) in [5.74, 6) is -1.13. The molecule has 1 rings (SSSR count). The standard InChI is InChI=1S/C12H21NO3/c1-3-5-7-13(6-4-2)11-9-16-8-10(11)12(14)15/h3,10-11H,1,4-9H2,2H3,(H,14,15). The second kappa shape index (κ2) is 6.66. The van der Waals surface area contributed by atoms with E-state index < -0.39 is 5.97 Å². The summed E-state index contributed by atoms with van der Waals surface area (Å²) in [5.41, 5.74) is 0. The van der Waals surface area contributed by atoms with Crippen LogP contribution < -0.4 is 0 Å². The first kappa shape index (κ1) is 13.2. The highest BCUT2D eigenvalue weighted by atomic mass is 16.5. The van der Waals surface area contributed by atoms with Crippen molar-refractivity contribution in [3.05, 3.63) is 12.7 Å². The van der Waals surface area contributed by atoms with Crippen LogP contribution in [0.25, 0.3) is 0 Å². The maximum atomic E-state index is 11.1. The molecule has 4 nitrogen and oxygen atoms in total. The van der Waals surface area contributed by atoms with E-state index in [1.807, 2.05) is 6.08 Å². The molecular weight excluding hydrogens is 206 g/mol. The van der Waals surface area contributed by atoms with Crippen molar-refractivity contribution in [1.29, 1.82) is 0 Å². The Balaban J connectivity index is 2.60. The van der Waals surface area contributed by atoms with Gasteiger partial charge in [-0.3, -0.25) is 9.69 Å². The van der Waals surface area contributed by atoms with Gasteiger partial charge in [-0.1, -0.05) is 13.0 Å². The quantitative estimate of drug-likeness (QED) is 0.667. The van der Waals surface area contributed by atoms with Crippen LogP contribution in [0.2, 0.25) is 0 Å². The number of aliphatic carboxylic acids is 1. The fourth-order valence-electron chi connectivity index (χ4n) is 2.13. The van der Waals surface area contributed by atoms with Crippen molar-refractivity contribution in [3.63, 3.8) is 0 Å². The molecule has 0 aromatic rings. The van der Waals surface area contributed by atoms with Crippen molar-refractivity contribution in [2.75, 3.05) is 26.3 Å². The first-order valence-corrected chi connectivity index (χ1v) is 5.86. The van der Waals surface area contributed by atoms with Gasteiger partial charge < -0.3 is 9.84 Å². The average Bonchev–Trinajstić information content (AvgIpc) is 2.73. The minimum absolute atomic E-state index is 0.0254. The van der Waals surface area contributed by atoms with Crippen molar-refractivity contribution >= 4 is 5.97 Å². The number of carbonyl (C=O) groups is 1. The molecule has 1 N–H and O–H groups in total. The van der Waals surface area contributed by atoms with Gasteiger partial charge in [0.2, 0.25) is 0 Å². The van der Waals surface area contributed by atoms with Gasteiger partial charge in [0.05, 0.1) is 19.1 Å². The summed E-state index contributed by atoms with van der Waals surface area (Å²) in [6, 6.07) is 0.0254. The number of hydrogen-bond acceptors (Lipinski definition) is 3. The molecule has 0 bridgehead atoms. The zero-order valence-electron chi connectivity index (χ0n) is 9.89. The monoisotopic (exact) mass is 227 g/mol. The van der Waals surface area contributed by atoms with E-state index in [-0.39, 0.29) is 12.0 Å². The predicted molar refractivity (Wildman–Crippen MR) is 62.4 cm³/mol. The molecule has 16 heavy (non-hydrogen) atoms. The van der Waals surface area contributed by atoms with E-state index in [4.69, 9.17) is 9.84 Å². The summed E-state index contributed by atoms with van der Waals surface area (Å²) in [6.07, 6.45) is 3.79. The molecule has 0 aromatic carbocycles. The van der Waals surface area contributed by atoms with Crippen LogP contribution in [0, 0.1) is 5.92 Å². The van der Waals surface area contributed by atoms with Crippen molar-refractivity contribution in [1.82, 2.24) is 4.90 Å². The maximum absolute atomic E-state index is 11.1. The Morgan fingerprint density at radius 3 is 2.88 bits per heavy atom. The molecule has 1 aliphatic heterocycles. The van der Waals surface area contributed by atoms with Crippen molar-refractivity contribution in [3.8, 4) is 0 Å². The van der Waals surface area contributed by atoms with E-state index in [1.165, 1.54) is 0 Å². The van der Waals surface area contributed by atoms with Gasteiger partial charge in [-0.15, -0.1) is 6.58 Å². The number of nitrogens with zero attached hydrogens (tertiary/aromatic N) is 1. The van der Waals surface area contributed by atoms with Gasteiger partial charge in [0.25, 0.3) is 0 Å². The summed E-state index contributed by atoms with van der Waals surface area (Å²) in [6.45, 7) is 8.47. The normalized spacial score (nSPS) is 24.9. The summed E-state index contributed by atoms with van der Waals surface area (Å²) in [5, 5.41) is 9.10. The fraction of sp³-hybridized carbons (Fsp3) is 0.750. The third-order valence-corrected chi connectivity index (χ3v) is 2.97. The Morgan fingerprint density at radius 2 is 2.31 bits per heavy atom. The first-order valence-electron chi connectivity index (χ1n) is 5.86. The summed E-state index contributed by atoms with van der Waals surface area (Å²) >= 11 is 0. The molecule has 1 aliphatic rings. The molecule has 1 heterocycles. The topological polar surface area (TPSA) is 49.8 Å². The SMILES string of the molecule is C=CCCN(CCC)C1COCC1C(=O)O. The fourth-order valence-corrected chi connectivity index (χ4v) is 2.13. The highest BCUT2D eigenvalue weighted by Gasteiger charge is 2.37. The highest BCUT2D eigenvalue weighted by molar-refractivity contribution is 5.71. The minimum Gasteiger partial charge on any atom is -0.481 e. The number of ether oxygens (including phenoxy) is 1. The van der Waals surface area contributed by atoms with Gasteiger partial charge in [-0.2, -0.15) is 0 Å². The largest absolute Gasteiger partial charge is 0.481 e. The Kier molecular flexibility index (Phi) is 5.49. The van der Waals surface area contributed by atoms with Gasteiger partial charge in [0.15, 0.2) is 0 Å². The summed E-state index contributed by atoms with van der Waals surface area (Å²) in [7, 11) is 0. The van der Waals surface area contributed by atoms with Crippen LogP contribution in [0.4, 0.5) is 0 Å². The Hall–Kier alpha value is -0.870. The van der Waals surface area contributed by atoms with Crippen LogP contribution >= 0.6 is 0 Å². The van der Waals surface area contributed by atoms with Gasteiger partial charge in [0, 0.05) is 12.6 Å². The van der Waals surface area contributed by atoms with Gasteiger partial charge in [-0.25, -0.2) is 0 Å². The van der Waals surface area contributed by atoms with Crippen LogP contribution in [0.15, 0.2) is 12.7 Å². The molecular formula is C12H21NO3. The molecule has 0 spiro atoms. The highest BCUT2D eigenvalue weighted by Crippen LogP contribution is 2.20. The lowest BCUT2D eigenvalue weighted by Gasteiger charge is -2.29. The summed E-state index contributed by atoms with van der Waals surface area (Å²) < 4.78 is 5.29. The van der Waals surface area contributed by atoms with Crippen LogP contribution in [-0.2, 0) is 9.53 Å². The van der Waals surface area contributed by atoms with E-state index in [0.29, 0.717) is 13.2 Å². The van der Waals surface area contributed by atoms with Crippen LogP contribution in [0.3, 0.4) is 0 Å². The molecule has 2 unspecified atom stereocenters. The average molecular weight is 227 g/mol. The third kappa shape index (κ3) is 3.32. The molecule has 0 radical (unpaired) electrons. The Bertz CT molecular complexity index is 242. The molecule has 1 fully saturated rings. The molecule has 0 saturated carbocycles. The number of carboxylic acids is 1. The molecule has 0 aromatic heterocycles. The van der Waals surface area contributed by atoms with Crippen molar-refractivity contribution in [2.24, 2.45) is 5.92 Å². The Labute approximate surface area is 96.9 Å². The zero-order valence-corrected chi connectivity index (χ0v) is 9.89. The lowest BCUT2D eigenvalue weighted by Crippen LogP contribution is -2.43. The number of carboxylic acid groups (broad SMARTS) is 1. The zero-order chi connectivity index (χ0) is 12.0. The van der Waals surface area contributed by atoms with Gasteiger partial charge in [0.1, 0.15) is 0 Å². The first-order chi connectivity index (χ1) is 7.70. The molecule has 0 aliphatic carbocycles. The van der Waals surface area contributed by atoms with E-state index >= 15 is 0 Å². The Morgan fingerprint density at radius 1 is 1.56 bits per heavy atom. The smallest absolute Gasteiger partial charge is 0.310 e. The van der Waals surface area contributed by atoms with Crippen LogP contribution in [-0.4, -0.2) is 48.3 Å². The minimum atomic E-state index is -0.748. The van der Waals surface area contributed by atoms with Crippen molar-refractivity contribution in [2.45, 2.75) is 25.8 Å². The number of rotatable bonds is 7. The second-order valence-corrected chi connectivity index (χ2v) is 4.16. The lowest BCUT2D eigenvalue weighted by atomic mass is 10.0. The van der Waals surface area contributed by atoms with E-state index in [9.17, 15) is 4.79 Å². The third-order valence-electron chi connectivity index (χ3n) is 2.97. The molecule has 1 saturated heterocycles. The molecule has 92 valence electrons. The predicted octanol–water partition coefficient (Wildman–Crippen LogP) is 1.37. The molecule has 2 atom stereocenters. The second-order valence-electron chi connectivity index (χ2n) is 4.16. The summed E-state index contributed by atoms with van der Waals surface area (Å²) in [4.78, 5) is 13.3. The van der Waals surface area contributed by atoms with Crippen molar-refractivity contribution < 1.29 is 14.6 Å². The van der Waals surface area contributed by atoms with Gasteiger partial charge in [-0.05, 0) is 19.4 Å². The van der Waals surface area contributed by atoms with Crippen LogP contribution in [0.5, 0.6) is 0 Å². The molecule has 0 amide bonds. The van der Waals surface area contributed by atoms with Crippen LogP contribution in [0.1, 0.15) is 19.8 Å². The van der Waals surface area contributed by atoms with E-state index in [2.05, 4.69) is 18.4 Å². The van der Waals surface area contributed by atoms with E-state index in [0.717, 1.165) is 25.9 Å². The maximum Gasteiger partial charge on any atom is 0.310 e.